The number of carbonyl (C=O) groups is 2. The number of ketones is 1. The molecule has 2 N–H and O–H groups in total. The van der Waals surface area contributed by atoms with Crippen LogP contribution >= 0.6 is 39.0 Å². The summed E-state index contributed by atoms with van der Waals surface area (Å²) in [7, 11) is 0. The first kappa shape index (κ1) is 21.5. The van der Waals surface area contributed by atoms with Crippen LogP contribution in [0.4, 0.5) is 10.8 Å². The van der Waals surface area contributed by atoms with E-state index in [1.54, 1.807) is 0 Å². The van der Waals surface area contributed by atoms with Crippen LogP contribution in [0.3, 0.4) is 0 Å². The van der Waals surface area contributed by atoms with Gasteiger partial charge in [-0.05, 0) is 30.2 Å². The minimum Gasteiger partial charge on any atom is -0.356 e. The normalized spacial score (nSPS) is 10.6. The molecule has 0 spiro atoms. The van der Waals surface area contributed by atoms with Crippen molar-refractivity contribution >= 4 is 61.5 Å². The fourth-order valence-electron chi connectivity index (χ4n) is 2.46. The van der Waals surface area contributed by atoms with Gasteiger partial charge in [-0.3, -0.25) is 9.59 Å². The Kier molecular flexibility index (Phi) is 7.79. The summed E-state index contributed by atoms with van der Waals surface area (Å²) in [4.78, 5) is 23.3. The van der Waals surface area contributed by atoms with Crippen molar-refractivity contribution < 1.29 is 9.59 Å². The maximum atomic E-state index is 12.4. The molecule has 0 fully saturated rings. The fraction of sp³-hybridized carbons (Fsp3) is 0.200. The predicted molar refractivity (Wildman–Crippen MR) is 121 cm³/mol. The van der Waals surface area contributed by atoms with Gasteiger partial charge in [0.15, 0.2) is 10.1 Å². The molecule has 150 valence electrons. The van der Waals surface area contributed by atoms with Gasteiger partial charge in [0, 0.05) is 29.2 Å². The number of carbonyl (C=O) groups excluding carboxylic acids is 2. The molecule has 0 radical (unpaired) electrons. The largest absolute Gasteiger partial charge is 0.356 e. The summed E-state index contributed by atoms with van der Waals surface area (Å²) in [5.41, 5.74) is 2.66. The number of Topliss-reactive ketones (excluding diaryl/α,β-unsaturated/α-hetero) is 1. The molecule has 9 heteroatoms. The molecule has 0 bridgehead atoms. The predicted octanol–water partition coefficient (Wildman–Crippen LogP) is 4.70. The summed E-state index contributed by atoms with van der Waals surface area (Å²) in [6.45, 7) is 2.09. The lowest BCUT2D eigenvalue weighted by Crippen LogP contribution is -2.22. The zero-order valence-corrected chi connectivity index (χ0v) is 18.9. The van der Waals surface area contributed by atoms with E-state index in [9.17, 15) is 9.59 Å². The molecule has 0 saturated carbocycles. The van der Waals surface area contributed by atoms with E-state index >= 15 is 0 Å². The summed E-state index contributed by atoms with van der Waals surface area (Å²) >= 11 is 6.23. The quantitative estimate of drug-likeness (QED) is 0.334. The van der Waals surface area contributed by atoms with Gasteiger partial charge in [0.2, 0.25) is 11.0 Å². The van der Waals surface area contributed by atoms with Gasteiger partial charge in [0.25, 0.3) is 0 Å². The smallest absolute Gasteiger partial charge is 0.216 e. The highest BCUT2D eigenvalue weighted by Gasteiger charge is 2.10. The molecule has 6 nitrogen and oxygen atoms in total. The zero-order chi connectivity index (χ0) is 20.6. The second-order valence-electron chi connectivity index (χ2n) is 6.15. The topological polar surface area (TPSA) is 84.0 Å². The zero-order valence-electron chi connectivity index (χ0n) is 15.6. The molecule has 3 rings (SSSR count). The highest BCUT2D eigenvalue weighted by molar-refractivity contribution is 9.10. The summed E-state index contributed by atoms with van der Waals surface area (Å²) in [6, 6.07) is 15.3. The van der Waals surface area contributed by atoms with Crippen molar-refractivity contribution in [2.24, 2.45) is 0 Å². The molecular weight excluding hydrogens is 472 g/mol. The molecule has 3 aromatic rings. The van der Waals surface area contributed by atoms with Crippen LogP contribution in [0.25, 0.3) is 0 Å². The maximum absolute atomic E-state index is 12.4. The van der Waals surface area contributed by atoms with E-state index in [0.29, 0.717) is 23.0 Å². The molecular formula is C20H19BrN4O2S2. The Morgan fingerprint density at radius 1 is 1.14 bits per heavy atom. The van der Waals surface area contributed by atoms with Crippen molar-refractivity contribution in [1.82, 2.24) is 15.5 Å². The number of nitrogens with one attached hydrogen (secondary N) is 2. The third kappa shape index (κ3) is 6.95. The van der Waals surface area contributed by atoms with Crippen LogP contribution in [0.1, 0.15) is 22.8 Å². The second kappa shape index (κ2) is 10.5. The molecule has 0 aliphatic heterocycles. The molecule has 1 aromatic heterocycles. The Hall–Kier alpha value is -2.23. The average Bonchev–Trinajstić information content (AvgIpc) is 3.14. The fourth-order valence-corrected chi connectivity index (χ4v) is 4.53. The van der Waals surface area contributed by atoms with Crippen LogP contribution in [0, 0.1) is 0 Å². The van der Waals surface area contributed by atoms with Crippen molar-refractivity contribution in [3.05, 3.63) is 64.1 Å². The molecule has 29 heavy (non-hydrogen) atoms. The van der Waals surface area contributed by atoms with Gasteiger partial charge >= 0.3 is 0 Å². The minimum absolute atomic E-state index is 0.0412. The number of hydrogen-bond acceptors (Lipinski definition) is 7. The lowest BCUT2D eigenvalue weighted by molar-refractivity contribution is -0.118. The van der Waals surface area contributed by atoms with Crippen molar-refractivity contribution in [3.63, 3.8) is 0 Å². The van der Waals surface area contributed by atoms with Crippen molar-refractivity contribution in [2.45, 2.75) is 17.7 Å². The first-order valence-electron chi connectivity index (χ1n) is 8.85. The Labute approximate surface area is 185 Å². The van der Waals surface area contributed by atoms with E-state index in [1.807, 2.05) is 48.5 Å². The van der Waals surface area contributed by atoms with Crippen LogP contribution in [-0.4, -0.2) is 34.2 Å². The highest BCUT2D eigenvalue weighted by atomic mass is 79.9. The molecule has 2 aromatic carbocycles. The van der Waals surface area contributed by atoms with E-state index in [1.165, 1.54) is 30.0 Å². The number of nitrogens with zero attached hydrogens (tertiary/aromatic N) is 2. The third-order valence-electron chi connectivity index (χ3n) is 3.87. The third-order valence-corrected chi connectivity index (χ3v) is 6.34. The number of thioether (sulfide) groups is 1. The van der Waals surface area contributed by atoms with Crippen LogP contribution in [0.15, 0.2) is 57.3 Å². The Morgan fingerprint density at radius 2 is 1.93 bits per heavy atom. The number of rotatable bonds is 9. The van der Waals surface area contributed by atoms with Gasteiger partial charge in [-0.15, -0.1) is 10.2 Å². The lowest BCUT2D eigenvalue weighted by Gasteiger charge is -2.04. The van der Waals surface area contributed by atoms with Gasteiger partial charge in [-0.1, -0.05) is 69.4 Å². The Bertz CT molecular complexity index is 992. The number of amides is 1. The summed E-state index contributed by atoms with van der Waals surface area (Å²) in [6.07, 6.45) is 0.737. The standard InChI is InChI=1S/C20H19BrN4O2S2/c1-13(26)22-10-9-14-5-7-15(8-6-14)18(27)12-28-20-25-24-19(29-20)23-17-4-2-3-16(21)11-17/h2-8,11H,9-10,12H2,1H3,(H,22,26)(H,23,24). The Balaban J connectivity index is 1.49. The number of hydrogen-bond donors (Lipinski definition) is 2. The van der Waals surface area contributed by atoms with Gasteiger partial charge < -0.3 is 10.6 Å². The summed E-state index contributed by atoms with van der Waals surface area (Å²) in [5, 5.41) is 14.9. The molecule has 1 amide bonds. The molecule has 0 atom stereocenters. The van der Waals surface area contributed by atoms with Crippen molar-refractivity contribution in [2.75, 3.05) is 17.6 Å². The lowest BCUT2D eigenvalue weighted by atomic mass is 10.1. The van der Waals surface area contributed by atoms with Crippen molar-refractivity contribution in [1.29, 1.82) is 0 Å². The molecule has 0 saturated heterocycles. The SMILES string of the molecule is CC(=O)NCCc1ccc(C(=O)CSc2nnc(Nc3cccc(Br)c3)s2)cc1. The molecule has 0 aliphatic carbocycles. The number of benzene rings is 2. The number of anilines is 2. The second-order valence-corrected chi connectivity index (χ2v) is 9.27. The molecule has 0 aliphatic rings. The first-order valence-corrected chi connectivity index (χ1v) is 11.4. The summed E-state index contributed by atoms with van der Waals surface area (Å²) < 4.78 is 1.72. The van der Waals surface area contributed by atoms with Crippen molar-refractivity contribution in [3.8, 4) is 0 Å². The van der Waals surface area contributed by atoms with Crippen LogP contribution in [0.5, 0.6) is 0 Å². The van der Waals surface area contributed by atoms with E-state index in [-0.39, 0.29) is 11.7 Å². The van der Waals surface area contributed by atoms with E-state index < -0.39 is 0 Å². The highest BCUT2D eigenvalue weighted by Crippen LogP contribution is 2.28. The van der Waals surface area contributed by atoms with E-state index in [2.05, 4.69) is 36.8 Å². The van der Waals surface area contributed by atoms with Gasteiger partial charge in [0.05, 0.1) is 5.75 Å². The molecule has 1 heterocycles. The van der Waals surface area contributed by atoms with Crippen LogP contribution < -0.4 is 10.6 Å². The first-order chi connectivity index (χ1) is 14.0. The van der Waals surface area contributed by atoms with Gasteiger partial charge in [0.1, 0.15) is 0 Å². The Morgan fingerprint density at radius 3 is 2.66 bits per heavy atom. The number of aromatic nitrogens is 2. The van der Waals surface area contributed by atoms with Gasteiger partial charge in [-0.25, -0.2) is 0 Å². The minimum atomic E-state index is -0.0412. The number of halogens is 1. The monoisotopic (exact) mass is 490 g/mol. The average molecular weight is 491 g/mol. The van der Waals surface area contributed by atoms with E-state index in [4.69, 9.17) is 0 Å². The van der Waals surface area contributed by atoms with Crippen LogP contribution in [-0.2, 0) is 11.2 Å². The molecule has 0 unspecified atom stereocenters. The van der Waals surface area contributed by atoms with Gasteiger partial charge in [-0.2, -0.15) is 0 Å². The van der Waals surface area contributed by atoms with Crippen LogP contribution in [0.2, 0.25) is 0 Å². The summed E-state index contributed by atoms with van der Waals surface area (Å²) in [5.74, 6) is 0.303. The van der Waals surface area contributed by atoms with E-state index in [0.717, 1.165) is 26.5 Å². The maximum Gasteiger partial charge on any atom is 0.216 e.